The highest BCUT2D eigenvalue weighted by Gasteiger charge is 2.18. The van der Waals surface area contributed by atoms with Crippen molar-refractivity contribution < 1.29 is 0 Å². The summed E-state index contributed by atoms with van der Waals surface area (Å²) in [6, 6.07) is 0.580. The lowest BCUT2D eigenvalue weighted by Gasteiger charge is -2.26. The van der Waals surface area contributed by atoms with Crippen molar-refractivity contribution in [2.24, 2.45) is 0 Å². The van der Waals surface area contributed by atoms with E-state index in [-0.39, 0.29) is 0 Å². The largest absolute Gasteiger partial charge is 0.310 e. The van der Waals surface area contributed by atoms with Crippen molar-refractivity contribution in [3.63, 3.8) is 0 Å². The summed E-state index contributed by atoms with van der Waals surface area (Å²) in [5.41, 5.74) is 4.68. The van der Waals surface area contributed by atoms with Gasteiger partial charge in [0, 0.05) is 6.04 Å². The second kappa shape index (κ2) is 6.12. The molecule has 1 aliphatic carbocycles. The topological polar surface area (TPSA) is 12.0 Å². The predicted molar refractivity (Wildman–Crippen MR) is 68.1 cm³/mol. The van der Waals surface area contributed by atoms with Crippen LogP contribution in [0.3, 0.4) is 0 Å². The van der Waals surface area contributed by atoms with Crippen LogP contribution in [0.2, 0.25) is 0 Å². The average Bonchev–Trinajstić information content (AvgIpc) is 2.18. The molecule has 1 rings (SSSR count). The Labute approximate surface area is 94.6 Å². The van der Waals surface area contributed by atoms with Gasteiger partial charge in [-0.3, -0.25) is 0 Å². The molecule has 0 aromatic rings. The molecule has 0 saturated carbocycles. The van der Waals surface area contributed by atoms with Gasteiger partial charge in [0.1, 0.15) is 0 Å². The van der Waals surface area contributed by atoms with Crippen molar-refractivity contribution in [1.29, 1.82) is 0 Å². The number of hydrogen-bond donors (Lipinski definition) is 1. The quantitative estimate of drug-likeness (QED) is 0.722. The van der Waals surface area contributed by atoms with Gasteiger partial charge in [-0.15, -0.1) is 0 Å². The second-order valence-electron chi connectivity index (χ2n) is 4.52. The van der Waals surface area contributed by atoms with Crippen molar-refractivity contribution in [3.8, 4) is 0 Å². The highest BCUT2D eigenvalue weighted by molar-refractivity contribution is 5.40. The fourth-order valence-corrected chi connectivity index (χ4v) is 2.54. The van der Waals surface area contributed by atoms with Gasteiger partial charge in [0.15, 0.2) is 0 Å². The van der Waals surface area contributed by atoms with Crippen LogP contribution in [0.5, 0.6) is 0 Å². The van der Waals surface area contributed by atoms with Crippen molar-refractivity contribution in [2.75, 3.05) is 6.54 Å². The molecule has 0 amide bonds. The Bertz CT molecular complexity index is 255. The molecular weight excluding hydrogens is 182 g/mol. The van der Waals surface area contributed by atoms with Crippen LogP contribution in [0.4, 0.5) is 0 Å². The number of hydrogen-bond acceptors (Lipinski definition) is 1. The van der Waals surface area contributed by atoms with E-state index in [1.807, 2.05) is 0 Å². The summed E-state index contributed by atoms with van der Waals surface area (Å²) in [6.07, 6.45) is 7.38. The van der Waals surface area contributed by atoms with E-state index in [1.165, 1.54) is 31.3 Å². The molecule has 0 aromatic heterocycles. The van der Waals surface area contributed by atoms with Crippen LogP contribution >= 0.6 is 0 Å². The van der Waals surface area contributed by atoms with Crippen LogP contribution in [0.25, 0.3) is 0 Å². The van der Waals surface area contributed by atoms with Gasteiger partial charge in [-0.1, -0.05) is 37.5 Å². The molecule has 0 fully saturated rings. The molecule has 1 aliphatic rings. The van der Waals surface area contributed by atoms with E-state index < -0.39 is 0 Å². The first-order valence-electron chi connectivity index (χ1n) is 6.30. The van der Waals surface area contributed by atoms with E-state index in [9.17, 15) is 0 Å². The lowest BCUT2D eigenvalue weighted by atomic mass is 9.86. The molecule has 1 atom stereocenters. The van der Waals surface area contributed by atoms with Crippen LogP contribution < -0.4 is 5.32 Å². The van der Waals surface area contributed by atoms with E-state index in [0.29, 0.717) is 6.04 Å². The van der Waals surface area contributed by atoms with Crippen molar-refractivity contribution in [3.05, 3.63) is 22.8 Å². The highest BCUT2D eigenvalue weighted by atomic mass is 14.9. The van der Waals surface area contributed by atoms with Crippen molar-refractivity contribution in [2.45, 2.75) is 59.4 Å². The zero-order valence-corrected chi connectivity index (χ0v) is 10.7. The molecule has 0 heterocycles. The van der Waals surface area contributed by atoms with Gasteiger partial charge in [0.05, 0.1) is 0 Å². The van der Waals surface area contributed by atoms with E-state index in [2.05, 4.69) is 39.1 Å². The highest BCUT2D eigenvalue weighted by Crippen LogP contribution is 2.28. The van der Waals surface area contributed by atoms with E-state index in [4.69, 9.17) is 0 Å². The molecule has 15 heavy (non-hydrogen) atoms. The third-order valence-corrected chi connectivity index (χ3v) is 3.23. The third kappa shape index (κ3) is 3.20. The van der Waals surface area contributed by atoms with Gasteiger partial charge in [-0.05, 0) is 45.2 Å². The summed E-state index contributed by atoms with van der Waals surface area (Å²) < 4.78 is 0. The molecule has 0 aliphatic heterocycles. The Balaban J connectivity index is 2.84. The van der Waals surface area contributed by atoms with Crippen LogP contribution in [0.1, 0.15) is 53.4 Å². The molecule has 0 saturated heterocycles. The predicted octanol–water partition coefficient (Wildman–Crippen LogP) is 3.82. The van der Waals surface area contributed by atoms with E-state index in [1.54, 1.807) is 11.1 Å². The molecule has 0 radical (unpaired) electrons. The maximum atomic E-state index is 3.62. The van der Waals surface area contributed by atoms with Gasteiger partial charge in [-0.25, -0.2) is 0 Å². The zero-order chi connectivity index (χ0) is 11.3. The Morgan fingerprint density at radius 3 is 2.60 bits per heavy atom. The minimum absolute atomic E-state index is 0.580. The average molecular weight is 207 g/mol. The fourth-order valence-electron chi connectivity index (χ4n) is 2.54. The number of nitrogens with one attached hydrogen (secondary N) is 1. The van der Waals surface area contributed by atoms with Gasteiger partial charge in [0.25, 0.3) is 0 Å². The minimum Gasteiger partial charge on any atom is -0.310 e. The Morgan fingerprint density at radius 2 is 2.07 bits per heavy atom. The van der Waals surface area contributed by atoms with E-state index in [0.717, 1.165) is 6.54 Å². The molecule has 1 N–H and O–H groups in total. The zero-order valence-electron chi connectivity index (χ0n) is 10.7. The first-order valence-corrected chi connectivity index (χ1v) is 6.30. The maximum absolute atomic E-state index is 3.62. The summed E-state index contributed by atoms with van der Waals surface area (Å²) in [5, 5.41) is 3.62. The normalized spacial score (nSPS) is 19.1. The maximum Gasteiger partial charge on any atom is 0.0321 e. The van der Waals surface area contributed by atoms with Crippen LogP contribution in [0, 0.1) is 0 Å². The van der Waals surface area contributed by atoms with Crippen molar-refractivity contribution >= 4 is 0 Å². The Kier molecular flexibility index (Phi) is 5.10. The minimum atomic E-state index is 0.580. The fraction of sp³-hybridized carbons (Fsp3) is 0.714. The Hall–Kier alpha value is -0.560. The molecule has 0 bridgehead atoms. The Morgan fingerprint density at radius 1 is 1.33 bits per heavy atom. The van der Waals surface area contributed by atoms with Gasteiger partial charge >= 0.3 is 0 Å². The van der Waals surface area contributed by atoms with Crippen molar-refractivity contribution in [1.82, 2.24) is 5.32 Å². The van der Waals surface area contributed by atoms with Crippen LogP contribution in [0.15, 0.2) is 22.8 Å². The van der Waals surface area contributed by atoms with Gasteiger partial charge < -0.3 is 5.32 Å². The lowest BCUT2D eigenvalue weighted by Crippen LogP contribution is -2.32. The second-order valence-corrected chi connectivity index (χ2v) is 4.52. The molecule has 86 valence electrons. The molecule has 1 heteroatoms. The molecule has 1 unspecified atom stereocenters. The molecule has 1 nitrogen and oxygen atoms in total. The smallest absolute Gasteiger partial charge is 0.0321 e. The first kappa shape index (κ1) is 12.5. The van der Waals surface area contributed by atoms with Crippen LogP contribution in [-0.4, -0.2) is 12.6 Å². The molecular formula is C14H25N. The standard InChI is InChI=1S/C14H25N/c1-5-8-13(15-6-2)14-11(3)9-7-10-12(14)4/h9,13,15H,5-8,10H2,1-4H3. The monoisotopic (exact) mass is 207 g/mol. The lowest BCUT2D eigenvalue weighted by molar-refractivity contribution is 0.540. The summed E-state index contributed by atoms with van der Waals surface area (Å²) in [4.78, 5) is 0. The number of likely N-dealkylation sites (N-methyl/N-ethyl adjacent to an activating group) is 1. The van der Waals surface area contributed by atoms with Gasteiger partial charge in [-0.2, -0.15) is 0 Å². The summed E-state index contributed by atoms with van der Waals surface area (Å²) in [5.74, 6) is 0. The third-order valence-electron chi connectivity index (χ3n) is 3.23. The SMILES string of the molecule is CCCC(NCC)C1=C(C)CCC=C1C. The van der Waals surface area contributed by atoms with E-state index >= 15 is 0 Å². The summed E-state index contributed by atoms with van der Waals surface area (Å²) in [6.45, 7) is 10.1. The molecule has 0 spiro atoms. The van der Waals surface area contributed by atoms with Crippen LogP contribution in [-0.2, 0) is 0 Å². The molecule has 0 aromatic carbocycles. The van der Waals surface area contributed by atoms with Gasteiger partial charge in [0.2, 0.25) is 0 Å². The number of rotatable bonds is 5. The summed E-state index contributed by atoms with van der Waals surface area (Å²) >= 11 is 0. The first-order chi connectivity index (χ1) is 7.20. The number of allylic oxidation sites excluding steroid dienone is 2. The summed E-state index contributed by atoms with van der Waals surface area (Å²) in [7, 11) is 0.